The van der Waals surface area contributed by atoms with Crippen LogP contribution in [0, 0.1) is 0 Å². The third kappa shape index (κ3) is 3.55. The number of piperidine rings is 1. The van der Waals surface area contributed by atoms with Gasteiger partial charge in [-0.15, -0.1) is 0 Å². The Kier molecular flexibility index (Phi) is 3.89. The van der Waals surface area contributed by atoms with Crippen LogP contribution in [0.4, 0.5) is 0 Å². The second-order valence-corrected chi connectivity index (χ2v) is 3.40. The summed E-state index contributed by atoms with van der Waals surface area (Å²) >= 11 is 0. The van der Waals surface area contributed by atoms with E-state index in [1.165, 1.54) is 6.92 Å². The highest BCUT2D eigenvalue weighted by atomic mass is 16.1. The number of nitrogens with one attached hydrogen (secondary N) is 1. The molecule has 1 fully saturated rings. The normalized spacial score (nSPS) is 19.8. The van der Waals surface area contributed by atoms with Gasteiger partial charge in [-0.3, -0.25) is 14.5 Å². The third-order valence-corrected chi connectivity index (χ3v) is 2.28. The van der Waals surface area contributed by atoms with Crippen LogP contribution in [-0.4, -0.2) is 42.8 Å². The zero-order valence-corrected chi connectivity index (χ0v) is 7.88. The second kappa shape index (κ2) is 4.97. The lowest BCUT2D eigenvalue weighted by atomic mass is 10.1. The summed E-state index contributed by atoms with van der Waals surface area (Å²) in [4.78, 5) is 22.9. The lowest BCUT2D eigenvalue weighted by molar-refractivity contribution is -0.119. The van der Waals surface area contributed by atoms with E-state index in [1.54, 1.807) is 0 Å². The third-order valence-electron chi connectivity index (χ3n) is 2.28. The molecule has 73 valence electrons. The molecule has 0 spiro atoms. The smallest absolute Gasteiger partial charge is 0.217 e. The molecule has 1 radical (unpaired) electrons. The van der Waals surface area contributed by atoms with Crippen LogP contribution in [-0.2, 0) is 9.59 Å². The predicted octanol–water partition coefficient (Wildman–Crippen LogP) is -0.303. The molecule has 4 nitrogen and oxygen atoms in total. The van der Waals surface area contributed by atoms with Crippen molar-refractivity contribution >= 4 is 12.2 Å². The molecule has 0 atom stereocenters. The molecule has 1 N–H and O–H groups in total. The van der Waals surface area contributed by atoms with Crippen LogP contribution < -0.4 is 5.32 Å². The lowest BCUT2D eigenvalue weighted by Crippen LogP contribution is -2.44. The molecule has 0 aliphatic carbocycles. The molecule has 1 saturated heterocycles. The number of rotatable bonds is 3. The number of likely N-dealkylation sites (tertiary alicyclic amines) is 1. The van der Waals surface area contributed by atoms with Gasteiger partial charge in [-0.25, -0.2) is 0 Å². The molecule has 0 unspecified atom stereocenters. The average molecular weight is 183 g/mol. The van der Waals surface area contributed by atoms with Crippen molar-refractivity contribution in [2.45, 2.75) is 25.8 Å². The number of carbonyl (C=O) groups is 1. The number of amides is 1. The van der Waals surface area contributed by atoms with Crippen molar-refractivity contribution in [2.75, 3.05) is 19.6 Å². The fourth-order valence-corrected chi connectivity index (χ4v) is 1.61. The maximum absolute atomic E-state index is 10.7. The molecular formula is C9H15N2O2. The molecule has 0 saturated carbocycles. The highest BCUT2D eigenvalue weighted by molar-refractivity contribution is 5.73. The summed E-state index contributed by atoms with van der Waals surface area (Å²) in [6.07, 6.45) is 3.75. The van der Waals surface area contributed by atoms with Gasteiger partial charge in [-0.2, -0.15) is 0 Å². The molecule has 1 aliphatic rings. The van der Waals surface area contributed by atoms with Crippen LogP contribution in [0.5, 0.6) is 0 Å². The standard InChI is InChI=1S/C9H15N2O2/c1-8(13)10-9-2-4-11(5-3-9)6-7-12/h9H,2-6H2,1H3,(H,10,13). The minimum Gasteiger partial charge on any atom is -0.354 e. The van der Waals surface area contributed by atoms with Crippen LogP contribution in [0.2, 0.25) is 0 Å². The molecule has 1 amide bonds. The molecule has 4 heteroatoms. The number of hydrogen-bond acceptors (Lipinski definition) is 3. The van der Waals surface area contributed by atoms with Gasteiger partial charge in [0.1, 0.15) is 0 Å². The molecule has 0 aromatic rings. The monoisotopic (exact) mass is 183 g/mol. The van der Waals surface area contributed by atoms with E-state index in [0.717, 1.165) is 25.9 Å². The van der Waals surface area contributed by atoms with E-state index in [4.69, 9.17) is 0 Å². The van der Waals surface area contributed by atoms with E-state index in [-0.39, 0.29) is 5.91 Å². The van der Waals surface area contributed by atoms with E-state index in [0.29, 0.717) is 12.6 Å². The zero-order valence-electron chi connectivity index (χ0n) is 7.88. The first kappa shape index (κ1) is 10.2. The second-order valence-electron chi connectivity index (χ2n) is 3.40. The van der Waals surface area contributed by atoms with Crippen molar-refractivity contribution in [1.82, 2.24) is 10.2 Å². The molecule has 0 aromatic heterocycles. The van der Waals surface area contributed by atoms with Crippen molar-refractivity contribution in [2.24, 2.45) is 0 Å². The first-order chi connectivity index (χ1) is 6.22. The largest absolute Gasteiger partial charge is 0.354 e. The Morgan fingerprint density at radius 3 is 2.62 bits per heavy atom. The van der Waals surface area contributed by atoms with Gasteiger partial charge < -0.3 is 5.32 Å². The van der Waals surface area contributed by atoms with Crippen molar-refractivity contribution in [3.05, 3.63) is 0 Å². The van der Waals surface area contributed by atoms with Crippen LogP contribution in [0.1, 0.15) is 19.8 Å². The lowest BCUT2D eigenvalue weighted by Gasteiger charge is -2.30. The first-order valence-corrected chi connectivity index (χ1v) is 4.57. The molecule has 0 bridgehead atoms. The maximum Gasteiger partial charge on any atom is 0.217 e. The van der Waals surface area contributed by atoms with Crippen molar-refractivity contribution in [3.8, 4) is 0 Å². The first-order valence-electron chi connectivity index (χ1n) is 4.57. The van der Waals surface area contributed by atoms with E-state index < -0.39 is 0 Å². The molecule has 1 rings (SSSR count). The molecular weight excluding hydrogens is 168 g/mol. The molecule has 0 aromatic carbocycles. The highest BCUT2D eigenvalue weighted by Crippen LogP contribution is 2.08. The number of nitrogens with zero attached hydrogens (tertiary/aromatic N) is 1. The van der Waals surface area contributed by atoms with Gasteiger partial charge in [-0.05, 0) is 12.8 Å². The van der Waals surface area contributed by atoms with E-state index >= 15 is 0 Å². The van der Waals surface area contributed by atoms with Crippen molar-refractivity contribution in [3.63, 3.8) is 0 Å². The average Bonchev–Trinajstić information content (AvgIpc) is 2.08. The molecule has 1 aliphatic heterocycles. The minimum absolute atomic E-state index is 0.0281. The topological polar surface area (TPSA) is 49.4 Å². The van der Waals surface area contributed by atoms with Crippen LogP contribution in [0.25, 0.3) is 0 Å². The molecule has 1 heterocycles. The summed E-state index contributed by atoms with van der Waals surface area (Å²) in [5.41, 5.74) is 0. The minimum atomic E-state index is 0.0281. The van der Waals surface area contributed by atoms with Gasteiger partial charge >= 0.3 is 0 Å². The highest BCUT2D eigenvalue weighted by Gasteiger charge is 2.18. The summed E-state index contributed by atoms with van der Waals surface area (Å²) in [5, 5.41) is 2.88. The van der Waals surface area contributed by atoms with Crippen LogP contribution in [0.3, 0.4) is 0 Å². The van der Waals surface area contributed by atoms with Crippen molar-refractivity contribution in [1.29, 1.82) is 0 Å². The van der Waals surface area contributed by atoms with Gasteiger partial charge in [-0.1, -0.05) is 0 Å². The maximum atomic E-state index is 10.7. The summed E-state index contributed by atoms with van der Waals surface area (Å²) in [7, 11) is 0. The number of carbonyl (C=O) groups excluding carboxylic acids is 2. The van der Waals surface area contributed by atoms with Gasteiger partial charge in [0.15, 0.2) is 0 Å². The Morgan fingerprint density at radius 2 is 2.15 bits per heavy atom. The SMILES string of the molecule is CC(=O)NC1CCN(C[C]=O)CC1. The quantitative estimate of drug-likeness (QED) is 0.653. The van der Waals surface area contributed by atoms with E-state index in [2.05, 4.69) is 5.32 Å². The summed E-state index contributed by atoms with van der Waals surface area (Å²) in [6, 6.07) is 0.292. The Balaban J connectivity index is 2.22. The fraction of sp³-hybridized carbons (Fsp3) is 0.778. The Bertz CT molecular complexity index is 186. The number of hydrogen-bond donors (Lipinski definition) is 1. The van der Waals surface area contributed by atoms with Gasteiger partial charge in [0.05, 0.1) is 6.54 Å². The Labute approximate surface area is 78.3 Å². The van der Waals surface area contributed by atoms with Crippen LogP contribution >= 0.6 is 0 Å². The van der Waals surface area contributed by atoms with Gasteiger partial charge in [0.2, 0.25) is 12.2 Å². The van der Waals surface area contributed by atoms with E-state index in [1.807, 2.05) is 11.2 Å². The predicted molar refractivity (Wildman–Crippen MR) is 49.0 cm³/mol. The fourth-order valence-electron chi connectivity index (χ4n) is 1.61. The van der Waals surface area contributed by atoms with Gasteiger partial charge in [0, 0.05) is 26.1 Å². The van der Waals surface area contributed by atoms with Crippen LogP contribution in [0.15, 0.2) is 0 Å². The molecule has 13 heavy (non-hydrogen) atoms. The van der Waals surface area contributed by atoms with Crippen molar-refractivity contribution < 1.29 is 9.59 Å². The summed E-state index contributed by atoms with van der Waals surface area (Å²) in [5.74, 6) is 0.0281. The zero-order chi connectivity index (χ0) is 9.68. The Morgan fingerprint density at radius 1 is 1.54 bits per heavy atom. The summed E-state index contributed by atoms with van der Waals surface area (Å²) < 4.78 is 0. The van der Waals surface area contributed by atoms with E-state index in [9.17, 15) is 9.59 Å². The van der Waals surface area contributed by atoms with Gasteiger partial charge in [0.25, 0.3) is 0 Å². The Hall–Kier alpha value is -0.900. The summed E-state index contributed by atoms with van der Waals surface area (Å²) in [6.45, 7) is 3.68.